The Labute approximate surface area is 85.4 Å². The molecule has 1 saturated carbocycles. The molecule has 0 aliphatic heterocycles. The molecule has 0 aromatic heterocycles. The van der Waals surface area contributed by atoms with Gasteiger partial charge in [0.05, 0.1) is 12.5 Å². The van der Waals surface area contributed by atoms with Crippen LogP contribution in [0.1, 0.15) is 39.5 Å². The normalized spacial score (nSPS) is 20.8. The van der Waals surface area contributed by atoms with E-state index in [1.165, 1.54) is 0 Å². The van der Waals surface area contributed by atoms with E-state index in [0.717, 1.165) is 25.0 Å². The Morgan fingerprint density at radius 3 is 2.62 bits per heavy atom. The van der Waals surface area contributed by atoms with Crippen LogP contribution in [0.3, 0.4) is 0 Å². The molecule has 1 rings (SSSR count). The third-order valence-electron chi connectivity index (χ3n) is 2.72. The molecule has 0 bridgehead atoms. The molecule has 2 nitrogen and oxygen atoms in total. The quantitative estimate of drug-likeness (QED) is 0.547. The second kappa shape index (κ2) is 4.36. The lowest BCUT2D eigenvalue weighted by molar-refractivity contribution is -0.149. The third-order valence-corrected chi connectivity index (χ3v) is 3.39. The largest absolute Gasteiger partial charge is 0.463 e. The highest BCUT2D eigenvalue weighted by molar-refractivity contribution is 7.80. The summed E-state index contributed by atoms with van der Waals surface area (Å²) in [5.41, 5.74) is 0.188. The minimum absolute atomic E-state index is 0.0547. The van der Waals surface area contributed by atoms with Gasteiger partial charge in [0.25, 0.3) is 0 Å². The fraction of sp³-hybridized carbons (Fsp3) is 0.900. The van der Waals surface area contributed by atoms with E-state index in [2.05, 4.69) is 12.6 Å². The highest BCUT2D eigenvalue weighted by Gasteiger charge is 2.43. The van der Waals surface area contributed by atoms with E-state index < -0.39 is 0 Å². The van der Waals surface area contributed by atoms with Gasteiger partial charge in [-0.15, -0.1) is 0 Å². The number of rotatable bonds is 5. The molecule has 1 unspecified atom stereocenters. The number of carbonyl (C=O) groups excluding carboxylic acids is 1. The fourth-order valence-corrected chi connectivity index (χ4v) is 1.65. The molecule has 76 valence electrons. The molecule has 0 amide bonds. The van der Waals surface area contributed by atoms with Crippen molar-refractivity contribution in [3.63, 3.8) is 0 Å². The summed E-state index contributed by atoms with van der Waals surface area (Å²) in [5.74, 6) is 0.753. The average molecular weight is 202 g/mol. The molecular formula is C10H18O2S. The van der Waals surface area contributed by atoms with E-state index in [1.807, 2.05) is 13.8 Å². The van der Waals surface area contributed by atoms with Gasteiger partial charge in [0, 0.05) is 0 Å². The van der Waals surface area contributed by atoms with Crippen LogP contribution in [0, 0.1) is 5.41 Å². The molecule has 0 N–H and O–H groups in total. The van der Waals surface area contributed by atoms with Crippen LogP contribution in [0.2, 0.25) is 0 Å². The number of esters is 1. The summed E-state index contributed by atoms with van der Waals surface area (Å²) in [6.07, 6.45) is 3.77. The summed E-state index contributed by atoms with van der Waals surface area (Å²) < 4.78 is 5.20. The number of thiol groups is 1. The van der Waals surface area contributed by atoms with Gasteiger partial charge >= 0.3 is 5.97 Å². The standard InChI is InChI=1S/C10H18O2S/c1-3-8(2)12-9(11)6-10(7-13)4-5-10/h8,13H,3-7H2,1-2H3. The zero-order valence-electron chi connectivity index (χ0n) is 8.38. The smallest absolute Gasteiger partial charge is 0.306 e. The lowest BCUT2D eigenvalue weighted by atomic mass is 10.1. The van der Waals surface area contributed by atoms with Crippen molar-refractivity contribution < 1.29 is 9.53 Å². The first-order valence-electron chi connectivity index (χ1n) is 4.92. The Bertz CT molecular complexity index is 187. The minimum Gasteiger partial charge on any atom is -0.463 e. The minimum atomic E-state index is -0.0547. The van der Waals surface area contributed by atoms with Crippen LogP contribution in [-0.2, 0) is 9.53 Å². The maximum Gasteiger partial charge on any atom is 0.306 e. The topological polar surface area (TPSA) is 26.3 Å². The van der Waals surface area contributed by atoms with Crippen molar-refractivity contribution in [2.75, 3.05) is 5.75 Å². The number of carbonyl (C=O) groups is 1. The predicted octanol–water partition coefficient (Wildman–Crippen LogP) is 2.43. The molecule has 0 spiro atoms. The molecule has 1 fully saturated rings. The Hall–Kier alpha value is -0.180. The van der Waals surface area contributed by atoms with Crippen LogP contribution in [-0.4, -0.2) is 17.8 Å². The van der Waals surface area contributed by atoms with Gasteiger partial charge in [-0.1, -0.05) is 6.92 Å². The van der Waals surface area contributed by atoms with Crippen molar-refractivity contribution in [2.24, 2.45) is 5.41 Å². The van der Waals surface area contributed by atoms with E-state index in [-0.39, 0.29) is 17.5 Å². The first-order valence-corrected chi connectivity index (χ1v) is 5.55. The fourth-order valence-electron chi connectivity index (χ4n) is 1.22. The SMILES string of the molecule is CCC(C)OC(=O)CC1(CS)CC1. The Morgan fingerprint density at radius 1 is 1.62 bits per heavy atom. The molecule has 0 aromatic carbocycles. The molecule has 0 radical (unpaired) electrons. The Kier molecular flexibility index (Phi) is 3.65. The van der Waals surface area contributed by atoms with E-state index in [9.17, 15) is 4.79 Å². The molecule has 0 heterocycles. The molecule has 1 aliphatic rings. The first kappa shape index (κ1) is 10.9. The van der Waals surface area contributed by atoms with Crippen LogP contribution in [0.15, 0.2) is 0 Å². The van der Waals surface area contributed by atoms with Gasteiger partial charge in [-0.05, 0) is 37.4 Å². The molecule has 3 heteroatoms. The van der Waals surface area contributed by atoms with Crippen molar-refractivity contribution in [1.82, 2.24) is 0 Å². The summed E-state index contributed by atoms with van der Waals surface area (Å²) in [7, 11) is 0. The third kappa shape index (κ3) is 3.22. The maximum atomic E-state index is 11.4. The summed E-state index contributed by atoms with van der Waals surface area (Å²) >= 11 is 4.24. The van der Waals surface area contributed by atoms with Crippen LogP contribution in [0.5, 0.6) is 0 Å². The van der Waals surface area contributed by atoms with E-state index in [0.29, 0.717) is 6.42 Å². The van der Waals surface area contributed by atoms with E-state index in [1.54, 1.807) is 0 Å². The van der Waals surface area contributed by atoms with Crippen molar-refractivity contribution in [2.45, 2.75) is 45.6 Å². The van der Waals surface area contributed by atoms with Crippen molar-refractivity contribution >= 4 is 18.6 Å². The number of hydrogen-bond acceptors (Lipinski definition) is 3. The average Bonchev–Trinajstić information content (AvgIpc) is 2.85. The summed E-state index contributed by atoms with van der Waals surface area (Å²) in [4.78, 5) is 11.4. The van der Waals surface area contributed by atoms with Gasteiger partial charge in [-0.25, -0.2) is 0 Å². The maximum absolute atomic E-state index is 11.4. The molecule has 13 heavy (non-hydrogen) atoms. The van der Waals surface area contributed by atoms with Crippen molar-refractivity contribution in [1.29, 1.82) is 0 Å². The molecule has 1 aliphatic carbocycles. The van der Waals surface area contributed by atoms with Crippen LogP contribution in [0.4, 0.5) is 0 Å². The molecular weight excluding hydrogens is 184 g/mol. The highest BCUT2D eigenvalue weighted by Crippen LogP contribution is 2.49. The van der Waals surface area contributed by atoms with Crippen molar-refractivity contribution in [3.8, 4) is 0 Å². The summed E-state index contributed by atoms with van der Waals surface area (Å²) in [6, 6.07) is 0. The zero-order valence-corrected chi connectivity index (χ0v) is 9.27. The van der Waals surface area contributed by atoms with Crippen LogP contribution < -0.4 is 0 Å². The summed E-state index contributed by atoms with van der Waals surface area (Å²) in [6.45, 7) is 3.95. The van der Waals surface area contributed by atoms with Crippen molar-refractivity contribution in [3.05, 3.63) is 0 Å². The predicted molar refractivity (Wildman–Crippen MR) is 56.0 cm³/mol. The second-order valence-corrected chi connectivity index (χ2v) is 4.36. The van der Waals surface area contributed by atoms with Crippen LogP contribution in [0.25, 0.3) is 0 Å². The number of ether oxygens (including phenoxy) is 1. The van der Waals surface area contributed by atoms with Gasteiger partial charge in [-0.2, -0.15) is 12.6 Å². The second-order valence-electron chi connectivity index (χ2n) is 4.04. The lowest BCUT2D eigenvalue weighted by Crippen LogP contribution is -2.18. The zero-order chi connectivity index (χ0) is 9.90. The monoisotopic (exact) mass is 202 g/mol. The molecule has 0 aromatic rings. The van der Waals surface area contributed by atoms with Gasteiger partial charge < -0.3 is 4.74 Å². The van der Waals surface area contributed by atoms with Gasteiger partial charge in [-0.3, -0.25) is 4.79 Å². The van der Waals surface area contributed by atoms with Crippen LogP contribution >= 0.6 is 12.6 Å². The summed E-state index contributed by atoms with van der Waals surface area (Å²) in [5, 5.41) is 0. The Balaban J connectivity index is 2.25. The molecule has 0 saturated heterocycles. The lowest BCUT2D eigenvalue weighted by Gasteiger charge is -2.14. The number of hydrogen-bond donors (Lipinski definition) is 1. The molecule has 1 atom stereocenters. The van der Waals surface area contributed by atoms with E-state index in [4.69, 9.17) is 4.74 Å². The van der Waals surface area contributed by atoms with E-state index >= 15 is 0 Å². The van der Waals surface area contributed by atoms with Gasteiger partial charge in [0.15, 0.2) is 0 Å². The first-order chi connectivity index (χ1) is 6.12. The Morgan fingerprint density at radius 2 is 2.23 bits per heavy atom. The van der Waals surface area contributed by atoms with Gasteiger partial charge in [0.2, 0.25) is 0 Å². The van der Waals surface area contributed by atoms with Gasteiger partial charge in [0.1, 0.15) is 0 Å². The highest BCUT2D eigenvalue weighted by atomic mass is 32.1.